The number of thiazole rings is 1. The van der Waals surface area contributed by atoms with Gasteiger partial charge in [0.05, 0.1) is 39.2 Å². The van der Waals surface area contributed by atoms with E-state index in [1.807, 2.05) is 30.3 Å². The normalized spacial score (nSPS) is 15.6. The summed E-state index contributed by atoms with van der Waals surface area (Å²) in [5.74, 6) is -1.40. The van der Waals surface area contributed by atoms with Crippen LogP contribution < -0.4 is 16.8 Å². The molecule has 0 bridgehead atoms. The average molecular weight is 336 g/mol. The number of benzene rings is 1. The minimum absolute atomic E-state index is 0.00305. The number of nitrogens with one attached hydrogen (secondary N) is 1. The summed E-state index contributed by atoms with van der Waals surface area (Å²) in [6, 6.07) is 11.7. The molecule has 2 aromatic rings. The molecule has 1 unspecified atom stereocenters. The SMILES string of the molecule is N#CC1=C(C(C#N)c2nc3ccccc3s2)NC(N)=C(C(N)=O)C1. The third-order valence-electron chi connectivity index (χ3n) is 3.68. The third kappa shape index (κ3) is 2.56. The number of fused-ring (bicyclic) bond motifs is 1. The number of nitrogens with two attached hydrogens (primary N) is 2. The van der Waals surface area contributed by atoms with Crippen LogP contribution in [0.15, 0.2) is 46.9 Å². The van der Waals surface area contributed by atoms with Crippen molar-refractivity contribution in [3.05, 3.63) is 51.9 Å². The Morgan fingerprint density at radius 2 is 2.12 bits per heavy atom. The standard InChI is InChI=1S/C16H12N6OS/c17-6-8-5-9(15(20)23)14(19)22-13(8)10(7-18)16-21-11-3-1-2-4-12(11)24-16/h1-4,10,22H,5,19H2,(H2,20,23). The molecular weight excluding hydrogens is 324 g/mol. The van der Waals surface area contributed by atoms with Gasteiger partial charge in [-0.1, -0.05) is 12.1 Å². The molecule has 1 aromatic heterocycles. The molecule has 5 N–H and O–H groups in total. The van der Waals surface area contributed by atoms with Crippen LogP contribution in [0, 0.1) is 22.7 Å². The zero-order chi connectivity index (χ0) is 17.3. The van der Waals surface area contributed by atoms with E-state index < -0.39 is 11.8 Å². The average Bonchev–Trinajstić information content (AvgIpc) is 2.99. The number of dihydropyridines is 1. The quantitative estimate of drug-likeness (QED) is 0.772. The lowest BCUT2D eigenvalue weighted by Crippen LogP contribution is -2.33. The number of carbonyl (C=O) groups is 1. The Bertz CT molecular complexity index is 955. The van der Waals surface area contributed by atoms with Crippen molar-refractivity contribution in [2.24, 2.45) is 11.5 Å². The Kier molecular flexibility index (Phi) is 3.90. The lowest BCUT2D eigenvalue weighted by molar-refractivity contribution is -0.114. The minimum Gasteiger partial charge on any atom is -0.385 e. The molecule has 24 heavy (non-hydrogen) atoms. The van der Waals surface area contributed by atoms with Crippen molar-refractivity contribution in [1.82, 2.24) is 10.3 Å². The van der Waals surface area contributed by atoms with Crippen LogP contribution in [0.5, 0.6) is 0 Å². The Morgan fingerprint density at radius 1 is 1.38 bits per heavy atom. The van der Waals surface area contributed by atoms with Gasteiger partial charge < -0.3 is 16.8 Å². The zero-order valence-electron chi connectivity index (χ0n) is 12.4. The highest BCUT2D eigenvalue weighted by molar-refractivity contribution is 7.18. The van der Waals surface area contributed by atoms with E-state index in [9.17, 15) is 15.3 Å². The van der Waals surface area contributed by atoms with Crippen molar-refractivity contribution in [1.29, 1.82) is 10.5 Å². The monoisotopic (exact) mass is 336 g/mol. The van der Waals surface area contributed by atoms with Crippen molar-refractivity contribution in [2.75, 3.05) is 0 Å². The fraction of sp³-hybridized carbons (Fsp3) is 0.125. The first-order valence-corrected chi connectivity index (χ1v) is 7.80. The van der Waals surface area contributed by atoms with Crippen LogP contribution in [-0.4, -0.2) is 10.9 Å². The van der Waals surface area contributed by atoms with Crippen molar-refractivity contribution in [2.45, 2.75) is 12.3 Å². The molecule has 7 nitrogen and oxygen atoms in total. The van der Waals surface area contributed by atoms with E-state index >= 15 is 0 Å². The molecule has 0 saturated carbocycles. The number of rotatable bonds is 3. The van der Waals surface area contributed by atoms with Crippen LogP contribution in [0.4, 0.5) is 0 Å². The smallest absolute Gasteiger partial charge is 0.248 e. The predicted octanol–water partition coefficient (Wildman–Crippen LogP) is 1.33. The molecule has 1 aliphatic rings. The number of aromatic nitrogens is 1. The minimum atomic E-state index is -0.773. The number of hydrogen-bond donors (Lipinski definition) is 3. The fourth-order valence-electron chi connectivity index (χ4n) is 2.49. The van der Waals surface area contributed by atoms with Crippen molar-refractivity contribution in [3.8, 4) is 12.1 Å². The van der Waals surface area contributed by atoms with E-state index in [1.165, 1.54) is 11.3 Å². The van der Waals surface area contributed by atoms with Crippen LogP contribution in [-0.2, 0) is 4.79 Å². The van der Waals surface area contributed by atoms with Gasteiger partial charge in [0.2, 0.25) is 5.91 Å². The molecule has 3 rings (SSSR count). The molecular formula is C16H12N6OS. The molecule has 0 radical (unpaired) electrons. The first-order chi connectivity index (χ1) is 11.5. The maximum absolute atomic E-state index is 11.4. The van der Waals surface area contributed by atoms with Gasteiger partial charge in [-0.2, -0.15) is 10.5 Å². The zero-order valence-corrected chi connectivity index (χ0v) is 13.2. The van der Waals surface area contributed by atoms with Gasteiger partial charge in [-0.25, -0.2) is 4.98 Å². The van der Waals surface area contributed by atoms with Gasteiger partial charge >= 0.3 is 0 Å². The Labute approximate surface area is 141 Å². The topological polar surface area (TPSA) is 142 Å². The van der Waals surface area contributed by atoms with Crippen molar-refractivity contribution in [3.63, 3.8) is 0 Å². The Hall–Kier alpha value is -3.36. The van der Waals surface area contributed by atoms with Crippen LogP contribution in [0.25, 0.3) is 10.2 Å². The van der Waals surface area contributed by atoms with Gasteiger partial charge in [-0.15, -0.1) is 11.3 Å². The van der Waals surface area contributed by atoms with Crippen LogP contribution in [0.3, 0.4) is 0 Å². The van der Waals surface area contributed by atoms with E-state index in [1.54, 1.807) is 0 Å². The summed E-state index contributed by atoms with van der Waals surface area (Å²) in [5, 5.41) is 22.4. The molecule has 0 fully saturated rings. The van der Waals surface area contributed by atoms with Crippen LogP contribution in [0.2, 0.25) is 0 Å². The van der Waals surface area contributed by atoms with Gasteiger partial charge in [0.15, 0.2) is 0 Å². The number of carbonyl (C=O) groups excluding carboxylic acids is 1. The number of allylic oxidation sites excluding steroid dienone is 2. The third-order valence-corrected chi connectivity index (χ3v) is 4.78. The molecule has 1 amide bonds. The highest BCUT2D eigenvalue weighted by atomic mass is 32.1. The summed E-state index contributed by atoms with van der Waals surface area (Å²) in [5.41, 5.74) is 12.6. The summed E-state index contributed by atoms with van der Waals surface area (Å²) in [7, 11) is 0. The van der Waals surface area contributed by atoms with Crippen LogP contribution >= 0.6 is 11.3 Å². The number of amides is 1. The summed E-state index contributed by atoms with van der Waals surface area (Å²) in [4.78, 5) is 15.9. The van der Waals surface area contributed by atoms with Crippen molar-refractivity contribution < 1.29 is 4.79 Å². The highest BCUT2D eigenvalue weighted by Crippen LogP contribution is 2.34. The summed E-state index contributed by atoms with van der Waals surface area (Å²) in [6.07, 6.45) is 0.00305. The first-order valence-electron chi connectivity index (χ1n) is 6.98. The summed E-state index contributed by atoms with van der Waals surface area (Å²) in [6.45, 7) is 0. The molecule has 118 valence electrons. The number of hydrogen-bond acceptors (Lipinski definition) is 7. The Balaban J connectivity index is 2.06. The number of para-hydroxylation sites is 1. The van der Waals surface area contributed by atoms with Gasteiger partial charge in [0.25, 0.3) is 0 Å². The van der Waals surface area contributed by atoms with Gasteiger partial charge in [0, 0.05) is 6.42 Å². The first kappa shape index (κ1) is 15.5. The van der Waals surface area contributed by atoms with Gasteiger partial charge in [0.1, 0.15) is 16.7 Å². The molecule has 0 spiro atoms. The molecule has 1 atom stereocenters. The molecule has 1 aromatic carbocycles. The molecule has 0 saturated heterocycles. The second-order valence-electron chi connectivity index (χ2n) is 5.14. The molecule has 1 aliphatic heterocycles. The van der Waals surface area contributed by atoms with Crippen molar-refractivity contribution >= 4 is 27.5 Å². The summed E-state index contributed by atoms with van der Waals surface area (Å²) >= 11 is 1.38. The fourth-order valence-corrected chi connectivity index (χ4v) is 3.51. The van der Waals surface area contributed by atoms with Gasteiger partial charge in [-0.3, -0.25) is 4.79 Å². The Morgan fingerprint density at radius 3 is 2.75 bits per heavy atom. The molecule has 8 heteroatoms. The maximum atomic E-state index is 11.4. The van der Waals surface area contributed by atoms with E-state index in [0.29, 0.717) is 10.7 Å². The van der Waals surface area contributed by atoms with Crippen LogP contribution in [0.1, 0.15) is 17.3 Å². The van der Waals surface area contributed by atoms with E-state index in [-0.39, 0.29) is 23.4 Å². The lowest BCUT2D eigenvalue weighted by Gasteiger charge is -2.23. The number of primary amides is 1. The maximum Gasteiger partial charge on any atom is 0.248 e. The lowest BCUT2D eigenvalue weighted by atomic mass is 9.94. The second kappa shape index (κ2) is 6.03. The van der Waals surface area contributed by atoms with E-state index in [2.05, 4.69) is 16.4 Å². The summed E-state index contributed by atoms with van der Waals surface area (Å²) < 4.78 is 0.948. The predicted molar refractivity (Wildman–Crippen MR) is 88.8 cm³/mol. The highest BCUT2D eigenvalue weighted by Gasteiger charge is 2.29. The van der Waals surface area contributed by atoms with E-state index in [0.717, 1.165) is 10.2 Å². The number of nitriles is 2. The largest absolute Gasteiger partial charge is 0.385 e. The molecule has 0 aliphatic carbocycles. The second-order valence-corrected chi connectivity index (χ2v) is 6.21. The molecule has 2 heterocycles. The van der Waals surface area contributed by atoms with E-state index in [4.69, 9.17) is 11.5 Å². The van der Waals surface area contributed by atoms with Gasteiger partial charge in [-0.05, 0) is 12.1 Å². The number of nitrogens with zero attached hydrogens (tertiary/aromatic N) is 3.